The Balaban J connectivity index is 1.72. The fourth-order valence-corrected chi connectivity index (χ4v) is 3.11. The topological polar surface area (TPSA) is 84.5 Å². The Morgan fingerprint density at radius 1 is 1.24 bits per heavy atom. The van der Waals surface area contributed by atoms with Crippen LogP contribution in [0.15, 0.2) is 6.07 Å². The van der Waals surface area contributed by atoms with Crippen molar-refractivity contribution in [1.29, 1.82) is 0 Å². The van der Waals surface area contributed by atoms with Crippen molar-refractivity contribution in [2.75, 3.05) is 31.6 Å². The standard InChI is InChI=1S/C17H25FN4O3/c1-11(23)21-14-8-15(24-9-12-4-2-6-19-12)17(22-16(14)18)25-10-13-5-3-7-20-13/h8,12-13,19-20H,2-7,9-10H2,1H3,(H,21,23)/t12-,13-/m0/s1. The molecule has 1 amide bonds. The normalized spacial score (nSPS) is 22.8. The number of nitrogens with zero attached hydrogens (tertiary/aromatic N) is 1. The lowest BCUT2D eigenvalue weighted by Gasteiger charge is -2.18. The number of ether oxygens (including phenoxy) is 2. The predicted molar refractivity (Wildman–Crippen MR) is 91.5 cm³/mol. The van der Waals surface area contributed by atoms with Crippen LogP contribution in [0.5, 0.6) is 11.6 Å². The van der Waals surface area contributed by atoms with E-state index in [1.807, 2.05) is 0 Å². The van der Waals surface area contributed by atoms with E-state index in [1.54, 1.807) is 0 Å². The van der Waals surface area contributed by atoms with Gasteiger partial charge in [0.2, 0.25) is 11.9 Å². The highest BCUT2D eigenvalue weighted by atomic mass is 19.1. The molecular formula is C17H25FN4O3. The molecule has 3 N–H and O–H groups in total. The number of hydrogen-bond donors (Lipinski definition) is 3. The van der Waals surface area contributed by atoms with Crippen LogP contribution in [0.3, 0.4) is 0 Å². The van der Waals surface area contributed by atoms with Gasteiger partial charge in [-0.25, -0.2) is 0 Å². The van der Waals surface area contributed by atoms with Gasteiger partial charge in [0.25, 0.3) is 5.88 Å². The van der Waals surface area contributed by atoms with Gasteiger partial charge in [0.15, 0.2) is 5.75 Å². The Morgan fingerprint density at radius 2 is 1.88 bits per heavy atom. The number of hydrogen-bond acceptors (Lipinski definition) is 6. The molecule has 1 aromatic heterocycles. The van der Waals surface area contributed by atoms with Crippen molar-refractivity contribution in [3.05, 3.63) is 12.0 Å². The summed E-state index contributed by atoms with van der Waals surface area (Å²) in [7, 11) is 0. The molecule has 0 bridgehead atoms. The van der Waals surface area contributed by atoms with Crippen molar-refractivity contribution in [3.63, 3.8) is 0 Å². The minimum absolute atomic E-state index is 0.00628. The first kappa shape index (κ1) is 17.9. The summed E-state index contributed by atoms with van der Waals surface area (Å²) in [5.74, 6) is -0.681. The molecule has 1 aromatic rings. The molecule has 0 saturated carbocycles. The van der Waals surface area contributed by atoms with E-state index >= 15 is 0 Å². The molecule has 25 heavy (non-hydrogen) atoms. The lowest BCUT2D eigenvalue weighted by Crippen LogP contribution is -2.29. The van der Waals surface area contributed by atoms with Crippen molar-refractivity contribution < 1.29 is 18.7 Å². The highest BCUT2D eigenvalue weighted by molar-refractivity contribution is 5.88. The Bertz CT molecular complexity index is 602. The van der Waals surface area contributed by atoms with Gasteiger partial charge in [-0.05, 0) is 38.8 Å². The van der Waals surface area contributed by atoms with E-state index in [9.17, 15) is 9.18 Å². The summed E-state index contributed by atoms with van der Waals surface area (Å²) in [6, 6.07) is 1.94. The average Bonchev–Trinajstić information content (AvgIpc) is 3.26. The van der Waals surface area contributed by atoms with Gasteiger partial charge in [-0.2, -0.15) is 9.37 Å². The van der Waals surface area contributed by atoms with Crippen LogP contribution >= 0.6 is 0 Å². The van der Waals surface area contributed by atoms with Gasteiger partial charge < -0.3 is 25.4 Å². The maximum atomic E-state index is 14.1. The third-order valence-electron chi connectivity index (χ3n) is 4.40. The number of halogens is 1. The van der Waals surface area contributed by atoms with Crippen LogP contribution < -0.4 is 25.4 Å². The molecular weight excluding hydrogens is 327 g/mol. The number of nitrogens with one attached hydrogen (secondary N) is 3. The molecule has 2 fully saturated rings. The second-order valence-electron chi connectivity index (χ2n) is 6.52. The summed E-state index contributed by atoms with van der Waals surface area (Å²) in [4.78, 5) is 15.1. The average molecular weight is 352 g/mol. The Hall–Kier alpha value is -1.93. The number of pyridine rings is 1. The van der Waals surface area contributed by atoms with Crippen LogP contribution in [-0.4, -0.2) is 49.3 Å². The van der Waals surface area contributed by atoms with Crippen LogP contribution in [-0.2, 0) is 4.79 Å². The lowest BCUT2D eigenvalue weighted by molar-refractivity contribution is -0.114. The summed E-state index contributed by atoms with van der Waals surface area (Å²) in [6.07, 6.45) is 4.28. The molecule has 0 aromatic carbocycles. The second-order valence-corrected chi connectivity index (χ2v) is 6.52. The quantitative estimate of drug-likeness (QED) is 0.644. The fourth-order valence-electron chi connectivity index (χ4n) is 3.11. The van der Waals surface area contributed by atoms with Crippen LogP contribution in [0.4, 0.5) is 10.1 Å². The summed E-state index contributed by atoms with van der Waals surface area (Å²) in [5, 5.41) is 9.09. The lowest BCUT2D eigenvalue weighted by atomic mass is 10.2. The van der Waals surface area contributed by atoms with E-state index in [1.165, 1.54) is 13.0 Å². The third-order valence-corrected chi connectivity index (χ3v) is 4.40. The van der Waals surface area contributed by atoms with Gasteiger partial charge >= 0.3 is 0 Å². The molecule has 2 aliphatic rings. The molecule has 0 aliphatic carbocycles. The van der Waals surface area contributed by atoms with Crippen molar-refractivity contribution in [2.24, 2.45) is 0 Å². The minimum atomic E-state index is -0.782. The summed E-state index contributed by atoms with van der Waals surface area (Å²) in [5.41, 5.74) is -0.00628. The highest BCUT2D eigenvalue weighted by Gasteiger charge is 2.21. The molecule has 2 saturated heterocycles. The summed E-state index contributed by atoms with van der Waals surface area (Å²) >= 11 is 0. The van der Waals surface area contributed by atoms with Crippen LogP contribution in [0.1, 0.15) is 32.6 Å². The van der Waals surface area contributed by atoms with Crippen LogP contribution in [0.25, 0.3) is 0 Å². The van der Waals surface area contributed by atoms with E-state index < -0.39 is 5.95 Å². The number of anilines is 1. The number of aromatic nitrogens is 1. The summed E-state index contributed by atoms with van der Waals surface area (Å²) < 4.78 is 25.7. The monoisotopic (exact) mass is 352 g/mol. The molecule has 7 nitrogen and oxygen atoms in total. The predicted octanol–water partition coefficient (Wildman–Crippen LogP) is 1.44. The largest absolute Gasteiger partial charge is 0.486 e. The molecule has 0 spiro atoms. The molecule has 3 rings (SSSR count). The van der Waals surface area contributed by atoms with Gasteiger partial charge in [-0.15, -0.1) is 0 Å². The van der Waals surface area contributed by atoms with E-state index in [0.717, 1.165) is 38.8 Å². The molecule has 2 aliphatic heterocycles. The molecule has 0 radical (unpaired) electrons. The first-order chi connectivity index (χ1) is 12.1. The molecule has 8 heteroatoms. The fraction of sp³-hybridized carbons (Fsp3) is 0.647. The number of carbonyl (C=O) groups excluding carboxylic acids is 1. The van der Waals surface area contributed by atoms with Crippen molar-refractivity contribution in [1.82, 2.24) is 15.6 Å². The van der Waals surface area contributed by atoms with Crippen molar-refractivity contribution in [2.45, 2.75) is 44.7 Å². The Kier molecular flexibility index (Phi) is 6.04. The third kappa shape index (κ3) is 5.02. The smallest absolute Gasteiger partial charge is 0.259 e. The number of carbonyl (C=O) groups is 1. The first-order valence-corrected chi connectivity index (χ1v) is 8.82. The number of rotatable bonds is 7. The van der Waals surface area contributed by atoms with Crippen LogP contribution in [0, 0.1) is 5.95 Å². The SMILES string of the molecule is CC(=O)Nc1cc(OC[C@@H]2CCCN2)c(OC[C@@H]2CCCN2)nc1F. The van der Waals surface area contributed by atoms with E-state index in [0.29, 0.717) is 19.0 Å². The van der Waals surface area contributed by atoms with E-state index in [2.05, 4.69) is 20.9 Å². The zero-order valence-corrected chi connectivity index (χ0v) is 14.4. The summed E-state index contributed by atoms with van der Waals surface area (Å²) in [6.45, 7) is 4.12. The molecule has 138 valence electrons. The molecule has 0 unspecified atom stereocenters. The molecule has 3 heterocycles. The Morgan fingerprint density at radius 3 is 2.44 bits per heavy atom. The van der Waals surface area contributed by atoms with Gasteiger partial charge in [-0.1, -0.05) is 0 Å². The zero-order chi connectivity index (χ0) is 17.6. The van der Waals surface area contributed by atoms with Crippen molar-refractivity contribution >= 4 is 11.6 Å². The van der Waals surface area contributed by atoms with Gasteiger partial charge in [0, 0.05) is 25.1 Å². The number of amides is 1. The van der Waals surface area contributed by atoms with E-state index in [4.69, 9.17) is 9.47 Å². The maximum Gasteiger partial charge on any atom is 0.259 e. The van der Waals surface area contributed by atoms with Crippen molar-refractivity contribution in [3.8, 4) is 11.6 Å². The van der Waals surface area contributed by atoms with Gasteiger partial charge in [0.1, 0.15) is 18.9 Å². The van der Waals surface area contributed by atoms with E-state index in [-0.39, 0.29) is 29.6 Å². The first-order valence-electron chi connectivity index (χ1n) is 8.82. The zero-order valence-electron chi connectivity index (χ0n) is 14.4. The van der Waals surface area contributed by atoms with Gasteiger partial charge in [0.05, 0.1) is 0 Å². The second kappa shape index (κ2) is 8.44. The molecule has 2 atom stereocenters. The Labute approximate surface area is 146 Å². The maximum absolute atomic E-state index is 14.1. The minimum Gasteiger partial charge on any atom is -0.486 e. The van der Waals surface area contributed by atoms with Gasteiger partial charge in [-0.3, -0.25) is 4.79 Å². The highest BCUT2D eigenvalue weighted by Crippen LogP contribution is 2.30. The van der Waals surface area contributed by atoms with Crippen LogP contribution in [0.2, 0.25) is 0 Å².